The minimum absolute atomic E-state index is 0.898. The highest BCUT2D eigenvalue weighted by Gasteiger charge is 2.31. The van der Waals surface area contributed by atoms with Crippen molar-refractivity contribution in [2.75, 3.05) is 19.0 Å². The molecule has 4 heteroatoms. The molecular formula is C9H20O2SSi. The van der Waals surface area contributed by atoms with Gasteiger partial charge in [0.2, 0.25) is 0 Å². The van der Waals surface area contributed by atoms with Crippen molar-refractivity contribution in [3.8, 4) is 0 Å². The molecule has 0 aromatic heterocycles. The Hall–Kier alpha value is 0.487. The Morgan fingerprint density at radius 1 is 1.15 bits per heavy atom. The van der Waals surface area contributed by atoms with E-state index in [-0.39, 0.29) is 0 Å². The molecule has 0 unspecified atom stereocenters. The fourth-order valence-corrected chi connectivity index (χ4v) is 4.34. The van der Waals surface area contributed by atoms with E-state index in [9.17, 15) is 0 Å². The van der Waals surface area contributed by atoms with E-state index >= 15 is 0 Å². The van der Waals surface area contributed by atoms with Crippen LogP contribution in [0.25, 0.3) is 0 Å². The summed E-state index contributed by atoms with van der Waals surface area (Å²) in [4.78, 5) is 0. The summed E-state index contributed by atoms with van der Waals surface area (Å²) >= 11 is 4.22. The average molecular weight is 220 g/mol. The molecule has 1 aliphatic rings. The molecule has 0 bridgehead atoms. The van der Waals surface area contributed by atoms with E-state index in [0.717, 1.165) is 31.4 Å². The van der Waals surface area contributed by atoms with Gasteiger partial charge >= 0.3 is 8.56 Å². The first-order valence-electron chi connectivity index (χ1n) is 5.16. The minimum atomic E-state index is -1.79. The maximum atomic E-state index is 5.86. The van der Waals surface area contributed by atoms with Crippen LogP contribution in [0.5, 0.6) is 0 Å². The predicted octanol–water partition coefficient (Wildman–Crippen LogP) is 2.60. The third-order valence-electron chi connectivity index (χ3n) is 2.39. The zero-order chi connectivity index (χ0) is 9.57. The van der Waals surface area contributed by atoms with Gasteiger partial charge in [-0.05, 0) is 44.0 Å². The molecule has 0 amide bonds. The second kappa shape index (κ2) is 6.06. The molecule has 1 rings (SSSR count). The molecule has 0 aromatic carbocycles. The van der Waals surface area contributed by atoms with Crippen LogP contribution in [0, 0.1) is 0 Å². The van der Waals surface area contributed by atoms with E-state index < -0.39 is 8.56 Å². The Labute approximate surface area is 87.7 Å². The van der Waals surface area contributed by atoms with Crippen LogP contribution in [0.2, 0.25) is 12.6 Å². The molecule has 13 heavy (non-hydrogen) atoms. The largest absolute Gasteiger partial charge is 0.394 e. The van der Waals surface area contributed by atoms with Crippen LogP contribution >= 0.6 is 12.6 Å². The summed E-state index contributed by atoms with van der Waals surface area (Å²) in [5.74, 6) is 0.940. The summed E-state index contributed by atoms with van der Waals surface area (Å²) in [6.45, 7) is 3.98. The highest BCUT2D eigenvalue weighted by Crippen LogP contribution is 2.19. The van der Waals surface area contributed by atoms with Crippen LogP contribution in [0.15, 0.2) is 0 Å². The highest BCUT2D eigenvalue weighted by atomic mass is 32.1. The Bertz CT molecular complexity index is 130. The molecule has 0 radical (unpaired) electrons. The van der Waals surface area contributed by atoms with Crippen molar-refractivity contribution in [2.24, 2.45) is 0 Å². The Kier molecular flexibility index (Phi) is 5.39. The maximum absolute atomic E-state index is 5.86. The van der Waals surface area contributed by atoms with E-state index in [0.29, 0.717) is 0 Å². The molecule has 0 aliphatic carbocycles. The van der Waals surface area contributed by atoms with Crippen LogP contribution in [0.3, 0.4) is 0 Å². The molecule has 0 atom stereocenters. The molecule has 1 aliphatic heterocycles. The summed E-state index contributed by atoms with van der Waals surface area (Å²) in [5.41, 5.74) is 0. The first-order chi connectivity index (χ1) is 6.27. The Morgan fingerprint density at radius 2 is 1.77 bits per heavy atom. The average Bonchev–Trinajstić information content (AvgIpc) is 2.09. The van der Waals surface area contributed by atoms with Gasteiger partial charge in [-0.1, -0.05) is 0 Å². The standard InChI is InChI=1S/C9H20O2SSi/c1-13(9-5-8-12)10-6-3-2-4-7-11-13/h12H,2-9H2,1H3. The topological polar surface area (TPSA) is 18.5 Å². The summed E-state index contributed by atoms with van der Waals surface area (Å²) in [7, 11) is -1.79. The maximum Gasteiger partial charge on any atom is 0.334 e. The Balaban J connectivity index is 2.32. The molecule has 78 valence electrons. The molecule has 1 heterocycles. The fourth-order valence-electron chi connectivity index (χ4n) is 1.54. The van der Waals surface area contributed by atoms with Crippen molar-refractivity contribution >= 4 is 21.2 Å². The van der Waals surface area contributed by atoms with Gasteiger partial charge in [0.1, 0.15) is 0 Å². The third kappa shape index (κ3) is 4.49. The van der Waals surface area contributed by atoms with Crippen molar-refractivity contribution in [2.45, 2.75) is 38.3 Å². The third-order valence-corrected chi connectivity index (χ3v) is 5.60. The fraction of sp³-hybridized carbons (Fsp3) is 1.00. The molecule has 1 saturated heterocycles. The van der Waals surface area contributed by atoms with E-state index in [1.165, 1.54) is 19.3 Å². The predicted molar refractivity (Wildman–Crippen MR) is 60.7 cm³/mol. The number of hydrogen-bond acceptors (Lipinski definition) is 3. The van der Waals surface area contributed by atoms with Crippen molar-refractivity contribution in [3.05, 3.63) is 0 Å². The molecule has 1 fully saturated rings. The van der Waals surface area contributed by atoms with E-state index in [1.54, 1.807) is 0 Å². The SMILES string of the molecule is C[Si]1(CCCS)OCCCCCO1. The number of rotatable bonds is 3. The van der Waals surface area contributed by atoms with Crippen LogP contribution in [0.4, 0.5) is 0 Å². The van der Waals surface area contributed by atoms with Crippen molar-refractivity contribution < 1.29 is 8.85 Å². The summed E-state index contributed by atoms with van der Waals surface area (Å²) in [6.07, 6.45) is 4.77. The lowest BCUT2D eigenvalue weighted by molar-refractivity contribution is 0.148. The molecule has 0 saturated carbocycles. The smallest absolute Gasteiger partial charge is 0.334 e. The number of hydrogen-bond donors (Lipinski definition) is 1. The van der Waals surface area contributed by atoms with Gasteiger partial charge in [0.15, 0.2) is 0 Å². The normalized spacial score (nSPS) is 23.5. The number of thiol groups is 1. The van der Waals surface area contributed by atoms with Crippen molar-refractivity contribution in [1.29, 1.82) is 0 Å². The van der Waals surface area contributed by atoms with E-state index in [4.69, 9.17) is 8.85 Å². The van der Waals surface area contributed by atoms with Gasteiger partial charge in [0, 0.05) is 13.2 Å². The zero-order valence-electron chi connectivity index (χ0n) is 8.42. The van der Waals surface area contributed by atoms with Gasteiger partial charge in [-0.3, -0.25) is 0 Å². The summed E-state index contributed by atoms with van der Waals surface area (Å²) in [6, 6.07) is 1.09. The quantitative estimate of drug-likeness (QED) is 0.582. The van der Waals surface area contributed by atoms with Gasteiger partial charge in [0.05, 0.1) is 0 Å². The molecular weight excluding hydrogens is 200 g/mol. The van der Waals surface area contributed by atoms with Gasteiger partial charge < -0.3 is 8.85 Å². The van der Waals surface area contributed by atoms with Crippen LogP contribution in [-0.4, -0.2) is 27.5 Å². The lowest BCUT2D eigenvalue weighted by Gasteiger charge is -2.28. The van der Waals surface area contributed by atoms with E-state index in [2.05, 4.69) is 19.2 Å². The molecule has 0 N–H and O–H groups in total. The summed E-state index contributed by atoms with van der Waals surface area (Å²) < 4.78 is 11.7. The second-order valence-corrected chi connectivity index (χ2v) is 7.51. The molecule has 0 aromatic rings. The van der Waals surface area contributed by atoms with Gasteiger partial charge in [-0.25, -0.2) is 0 Å². The van der Waals surface area contributed by atoms with Crippen LogP contribution < -0.4 is 0 Å². The second-order valence-electron chi connectivity index (χ2n) is 3.72. The highest BCUT2D eigenvalue weighted by molar-refractivity contribution is 7.80. The van der Waals surface area contributed by atoms with Crippen LogP contribution in [-0.2, 0) is 8.85 Å². The first-order valence-corrected chi connectivity index (χ1v) is 8.31. The van der Waals surface area contributed by atoms with Gasteiger partial charge in [-0.15, -0.1) is 0 Å². The van der Waals surface area contributed by atoms with Crippen LogP contribution in [0.1, 0.15) is 25.7 Å². The van der Waals surface area contributed by atoms with E-state index in [1.807, 2.05) is 0 Å². The summed E-state index contributed by atoms with van der Waals surface area (Å²) in [5, 5.41) is 0. The lowest BCUT2D eigenvalue weighted by atomic mass is 10.2. The lowest BCUT2D eigenvalue weighted by Crippen LogP contribution is -2.40. The van der Waals surface area contributed by atoms with Gasteiger partial charge in [0.25, 0.3) is 0 Å². The van der Waals surface area contributed by atoms with Crippen molar-refractivity contribution in [1.82, 2.24) is 0 Å². The van der Waals surface area contributed by atoms with Gasteiger partial charge in [-0.2, -0.15) is 12.6 Å². The molecule has 0 spiro atoms. The molecule has 2 nitrogen and oxygen atoms in total. The Morgan fingerprint density at radius 3 is 2.31 bits per heavy atom. The zero-order valence-corrected chi connectivity index (χ0v) is 10.3. The minimum Gasteiger partial charge on any atom is -0.394 e. The first kappa shape index (κ1) is 11.6. The van der Waals surface area contributed by atoms with Crippen molar-refractivity contribution in [3.63, 3.8) is 0 Å². The monoisotopic (exact) mass is 220 g/mol.